The van der Waals surface area contributed by atoms with Crippen LogP contribution in [0.1, 0.15) is 18.4 Å². The number of benzene rings is 1. The van der Waals surface area contributed by atoms with E-state index in [0.717, 1.165) is 31.5 Å². The highest BCUT2D eigenvalue weighted by Crippen LogP contribution is 2.24. The molecule has 0 spiro atoms. The number of ether oxygens (including phenoxy) is 1. The Balaban J connectivity index is 0.000000521. The lowest BCUT2D eigenvalue weighted by Gasteiger charge is -2.42. The van der Waals surface area contributed by atoms with Crippen LogP contribution in [0.25, 0.3) is 0 Å². The third kappa shape index (κ3) is 9.67. The van der Waals surface area contributed by atoms with Gasteiger partial charge >= 0.3 is 23.8 Å². The van der Waals surface area contributed by atoms with Gasteiger partial charge in [0.1, 0.15) is 0 Å². The molecule has 2 heterocycles. The summed E-state index contributed by atoms with van der Waals surface area (Å²) in [6.07, 6.45) is 3.59. The van der Waals surface area contributed by atoms with Crippen LogP contribution in [0.3, 0.4) is 0 Å². The minimum Gasteiger partial charge on any atom is -0.478 e. The standard InChI is InChI=1S/C20H25Cl2N3O4.C4H4O4/c1-29-20(28)19(27)24-8-9-25(15(13-24)12-23-6-2-3-7-23)18(26)11-14-4-5-16(21)17(22)10-14;5-3(6)1-2-4(7)8/h4-5,10,15H,2-3,6-9,11-13H2,1H3;1-2H,(H,5,6)(H,7,8)/b;2-1-. The highest BCUT2D eigenvalue weighted by atomic mass is 35.5. The summed E-state index contributed by atoms with van der Waals surface area (Å²) in [5.41, 5.74) is 0.789. The number of hydrogen-bond acceptors (Lipinski definition) is 7. The fraction of sp³-hybridized carbons (Fsp3) is 0.458. The van der Waals surface area contributed by atoms with Crippen LogP contribution in [-0.4, -0.2) is 107 Å². The van der Waals surface area contributed by atoms with Gasteiger partial charge in [-0.05, 0) is 43.6 Å². The van der Waals surface area contributed by atoms with E-state index in [2.05, 4.69) is 9.64 Å². The molecule has 1 aromatic rings. The SMILES string of the molecule is COC(=O)C(=O)N1CCN(C(=O)Cc2ccc(Cl)c(Cl)c2)C(CN2CCCC2)C1.O=C(O)/C=C\C(=O)O. The van der Waals surface area contributed by atoms with Gasteiger partial charge in [-0.3, -0.25) is 9.59 Å². The van der Waals surface area contributed by atoms with Crippen LogP contribution < -0.4 is 0 Å². The monoisotopic (exact) mass is 557 g/mol. The van der Waals surface area contributed by atoms with Crippen molar-refractivity contribution in [3.8, 4) is 0 Å². The van der Waals surface area contributed by atoms with Gasteiger partial charge in [-0.2, -0.15) is 0 Å². The van der Waals surface area contributed by atoms with E-state index in [4.69, 9.17) is 33.4 Å². The van der Waals surface area contributed by atoms with Crippen molar-refractivity contribution in [1.29, 1.82) is 0 Å². The van der Waals surface area contributed by atoms with Crippen LogP contribution in [0, 0.1) is 0 Å². The highest BCUT2D eigenvalue weighted by Gasteiger charge is 2.36. The zero-order valence-electron chi connectivity index (χ0n) is 20.3. The average molecular weight is 558 g/mol. The van der Waals surface area contributed by atoms with E-state index in [1.807, 2.05) is 4.90 Å². The zero-order chi connectivity index (χ0) is 27.5. The average Bonchev–Trinajstić information content (AvgIpc) is 3.37. The van der Waals surface area contributed by atoms with Crippen molar-refractivity contribution in [2.24, 2.45) is 0 Å². The Morgan fingerprint density at radius 1 is 0.973 bits per heavy atom. The third-order valence-corrected chi connectivity index (χ3v) is 6.56. The molecule has 2 N–H and O–H groups in total. The lowest BCUT2D eigenvalue weighted by molar-refractivity contribution is -0.160. The number of carbonyl (C=O) groups is 5. The largest absolute Gasteiger partial charge is 0.478 e. The van der Waals surface area contributed by atoms with E-state index in [0.29, 0.717) is 48.4 Å². The van der Waals surface area contributed by atoms with Crippen LogP contribution >= 0.6 is 23.2 Å². The number of halogens is 2. The van der Waals surface area contributed by atoms with Crippen molar-refractivity contribution in [1.82, 2.24) is 14.7 Å². The van der Waals surface area contributed by atoms with Gasteiger partial charge in [0.05, 0.1) is 29.6 Å². The Labute approximate surface area is 224 Å². The van der Waals surface area contributed by atoms with Gasteiger partial charge in [0, 0.05) is 38.3 Å². The summed E-state index contributed by atoms with van der Waals surface area (Å²) in [5, 5.41) is 16.5. The number of carbonyl (C=O) groups excluding carboxylic acids is 3. The normalized spacial score (nSPS) is 17.8. The fourth-order valence-electron chi connectivity index (χ4n) is 4.07. The summed E-state index contributed by atoms with van der Waals surface area (Å²) in [7, 11) is 1.19. The van der Waals surface area contributed by atoms with Gasteiger partial charge in [0.15, 0.2) is 0 Å². The second-order valence-corrected chi connectivity index (χ2v) is 9.24. The van der Waals surface area contributed by atoms with Gasteiger partial charge < -0.3 is 29.6 Å². The Bertz CT molecular complexity index is 1030. The quantitative estimate of drug-likeness (QED) is 0.302. The van der Waals surface area contributed by atoms with Crippen LogP contribution in [-0.2, 0) is 35.1 Å². The number of amides is 2. The molecule has 2 fully saturated rings. The molecular formula is C24H29Cl2N3O8. The molecule has 1 atom stereocenters. The number of esters is 1. The number of piperazine rings is 1. The van der Waals surface area contributed by atoms with Gasteiger partial charge in [0.25, 0.3) is 0 Å². The molecule has 0 aromatic heterocycles. The first-order chi connectivity index (χ1) is 17.5. The van der Waals surface area contributed by atoms with Gasteiger partial charge in [-0.1, -0.05) is 29.3 Å². The number of nitrogens with zero attached hydrogens (tertiary/aromatic N) is 3. The van der Waals surface area contributed by atoms with Crippen molar-refractivity contribution in [2.75, 3.05) is 46.4 Å². The van der Waals surface area contributed by atoms with E-state index in [1.165, 1.54) is 12.0 Å². The summed E-state index contributed by atoms with van der Waals surface area (Å²) in [4.78, 5) is 61.7. The molecule has 2 aliphatic heterocycles. The van der Waals surface area contributed by atoms with E-state index in [1.54, 1.807) is 18.2 Å². The van der Waals surface area contributed by atoms with E-state index in [9.17, 15) is 24.0 Å². The maximum atomic E-state index is 13.1. The zero-order valence-corrected chi connectivity index (χ0v) is 21.8. The predicted molar refractivity (Wildman–Crippen MR) is 134 cm³/mol. The molecule has 37 heavy (non-hydrogen) atoms. The maximum Gasteiger partial charge on any atom is 0.396 e. The molecule has 0 bridgehead atoms. The van der Waals surface area contributed by atoms with E-state index >= 15 is 0 Å². The van der Waals surface area contributed by atoms with Crippen LogP contribution in [0.2, 0.25) is 10.0 Å². The lowest BCUT2D eigenvalue weighted by atomic mass is 10.1. The minimum absolute atomic E-state index is 0.0299. The maximum absolute atomic E-state index is 13.1. The molecule has 3 rings (SSSR count). The van der Waals surface area contributed by atoms with Gasteiger partial charge in [-0.15, -0.1) is 0 Å². The molecular weight excluding hydrogens is 529 g/mol. The molecule has 202 valence electrons. The van der Waals surface area contributed by atoms with E-state index in [-0.39, 0.29) is 18.4 Å². The van der Waals surface area contributed by atoms with Crippen molar-refractivity contribution >= 4 is 52.9 Å². The topological polar surface area (TPSA) is 145 Å². The second-order valence-electron chi connectivity index (χ2n) is 8.43. The molecule has 2 amide bonds. The summed E-state index contributed by atoms with van der Waals surface area (Å²) < 4.78 is 4.56. The third-order valence-electron chi connectivity index (χ3n) is 5.83. The fourth-order valence-corrected chi connectivity index (χ4v) is 4.39. The van der Waals surface area contributed by atoms with Crippen molar-refractivity contribution in [3.63, 3.8) is 0 Å². The summed E-state index contributed by atoms with van der Waals surface area (Å²) in [6, 6.07) is 5.00. The van der Waals surface area contributed by atoms with Crippen molar-refractivity contribution < 1.29 is 38.9 Å². The predicted octanol–water partition coefficient (Wildman–Crippen LogP) is 1.56. The molecule has 1 unspecified atom stereocenters. The Morgan fingerprint density at radius 3 is 2.14 bits per heavy atom. The van der Waals surface area contributed by atoms with Crippen LogP contribution in [0.4, 0.5) is 0 Å². The number of carboxylic acids is 2. The lowest BCUT2D eigenvalue weighted by Crippen LogP contribution is -2.60. The highest BCUT2D eigenvalue weighted by molar-refractivity contribution is 6.42. The van der Waals surface area contributed by atoms with Crippen LogP contribution in [0.5, 0.6) is 0 Å². The Kier molecular flexibility index (Phi) is 11.8. The molecule has 1 aromatic carbocycles. The number of aliphatic carboxylic acids is 2. The smallest absolute Gasteiger partial charge is 0.396 e. The molecule has 13 heteroatoms. The molecule has 11 nitrogen and oxygen atoms in total. The van der Waals surface area contributed by atoms with Crippen molar-refractivity contribution in [2.45, 2.75) is 25.3 Å². The molecule has 0 radical (unpaired) electrons. The van der Waals surface area contributed by atoms with Crippen LogP contribution in [0.15, 0.2) is 30.4 Å². The first-order valence-electron chi connectivity index (χ1n) is 11.5. The minimum atomic E-state index is -1.26. The van der Waals surface area contributed by atoms with Crippen molar-refractivity contribution in [3.05, 3.63) is 46.0 Å². The van der Waals surface area contributed by atoms with E-state index < -0.39 is 23.8 Å². The number of hydrogen-bond donors (Lipinski definition) is 2. The first kappa shape index (κ1) is 30.1. The molecule has 0 saturated carbocycles. The first-order valence-corrected chi connectivity index (χ1v) is 12.2. The second kappa shape index (κ2) is 14.6. The Morgan fingerprint density at radius 2 is 1.59 bits per heavy atom. The molecule has 0 aliphatic carbocycles. The number of rotatable bonds is 6. The number of methoxy groups -OCH3 is 1. The number of likely N-dealkylation sites (tertiary alicyclic amines) is 1. The molecule has 2 saturated heterocycles. The molecule has 2 aliphatic rings. The number of carboxylic acid groups (broad SMARTS) is 2. The van der Waals surface area contributed by atoms with Gasteiger partial charge in [0.2, 0.25) is 5.91 Å². The summed E-state index contributed by atoms with van der Waals surface area (Å²) >= 11 is 12.0. The Hall–Kier alpha value is -3.15. The summed E-state index contributed by atoms with van der Waals surface area (Å²) in [5.74, 6) is -4.08. The van der Waals surface area contributed by atoms with Gasteiger partial charge in [-0.25, -0.2) is 14.4 Å². The summed E-state index contributed by atoms with van der Waals surface area (Å²) in [6.45, 7) is 3.64.